The second-order valence-corrected chi connectivity index (χ2v) is 2.96. The van der Waals surface area contributed by atoms with E-state index in [1.807, 2.05) is 6.07 Å². The van der Waals surface area contributed by atoms with Gasteiger partial charge in [0.25, 0.3) is 0 Å². The number of hydrogen-bond acceptors (Lipinski definition) is 1. The molecule has 62 valence electrons. The Morgan fingerprint density at radius 2 is 1.83 bits per heavy atom. The van der Waals surface area contributed by atoms with E-state index < -0.39 is 0 Å². The molecule has 0 atom stereocenters. The first-order valence-electron chi connectivity index (χ1n) is 3.57. The molecule has 0 aliphatic heterocycles. The summed E-state index contributed by atoms with van der Waals surface area (Å²) in [7, 11) is 0. The SMILES string of the molecule is C=C(Cl)c1ccccc1C(C)=O. The summed E-state index contributed by atoms with van der Waals surface area (Å²) in [5.74, 6) is 0.00685. The molecule has 0 N–H and O–H groups in total. The third-order valence-corrected chi connectivity index (χ3v) is 1.80. The Kier molecular flexibility index (Phi) is 2.66. The third-order valence-electron chi connectivity index (χ3n) is 1.60. The van der Waals surface area contributed by atoms with E-state index in [4.69, 9.17) is 11.6 Å². The van der Waals surface area contributed by atoms with Gasteiger partial charge in [0.15, 0.2) is 5.78 Å². The van der Waals surface area contributed by atoms with Gasteiger partial charge >= 0.3 is 0 Å². The van der Waals surface area contributed by atoms with E-state index in [1.54, 1.807) is 18.2 Å². The van der Waals surface area contributed by atoms with Crippen molar-refractivity contribution in [3.63, 3.8) is 0 Å². The zero-order valence-electron chi connectivity index (χ0n) is 6.80. The van der Waals surface area contributed by atoms with Gasteiger partial charge in [0.05, 0.1) is 0 Å². The molecule has 0 fully saturated rings. The van der Waals surface area contributed by atoms with Gasteiger partial charge in [0.2, 0.25) is 0 Å². The van der Waals surface area contributed by atoms with Crippen molar-refractivity contribution in [2.24, 2.45) is 0 Å². The lowest BCUT2D eigenvalue weighted by Crippen LogP contribution is -1.95. The minimum absolute atomic E-state index is 0.00685. The van der Waals surface area contributed by atoms with Crippen molar-refractivity contribution in [3.8, 4) is 0 Å². The predicted octanol–water partition coefficient (Wildman–Crippen LogP) is 3.10. The van der Waals surface area contributed by atoms with Gasteiger partial charge in [-0.3, -0.25) is 4.79 Å². The minimum atomic E-state index is 0.00685. The van der Waals surface area contributed by atoms with Crippen LogP contribution in [0, 0.1) is 0 Å². The number of ketones is 1. The molecule has 0 saturated carbocycles. The highest BCUT2D eigenvalue weighted by Crippen LogP contribution is 2.20. The molecule has 1 rings (SSSR count). The van der Waals surface area contributed by atoms with Crippen LogP contribution in [0.1, 0.15) is 22.8 Å². The molecule has 0 saturated heterocycles. The zero-order valence-corrected chi connectivity index (χ0v) is 7.56. The summed E-state index contributed by atoms with van der Waals surface area (Å²) in [6.07, 6.45) is 0. The lowest BCUT2D eigenvalue weighted by molar-refractivity contribution is 0.101. The van der Waals surface area contributed by atoms with Crippen LogP contribution in [0.3, 0.4) is 0 Å². The second-order valence-electron chi connectivity index (χ2n) is 2.51. The van der Waals surface area contributed by atoms with Crippen molar-refractivity contribution < 1.29 is 4.79 Å². The molecule has 12 heavy (non-hydrogen) atoms. The average Bonchev–Trinajstić information content (AvgIpc) is 2.04. The largest absolute Gasteiger partial charge is 0.294 e. The molecule has 1 aromatic rings. The number of rotatable bonds is 2. The fraction of sp³-hybridized carbons (Fsp3) is 0.100. The van der Waals surface area contributed by atoms with Gasteiger partial charge in [-0.25, -0.2) is 0 Å². The Balaban J connectivity index is 3.27. The Hall–Kier alpha value is -1.08. The van der Waals surface area contributed by atoms with Crippen molar-refractivity contribution in [2.45, 2.75) is 6.92 Å². The Morgan fingerprint density at radius 1 is 1.33 bits per heavy atom. The van der Waals surface area contributed by atoms with Crippen LogP contribution in [0.2, 0.25) is 0 Å². The van der Waals surface area contributed by atoms with Crippen LogP contribution in [0.15, 0.2) is 30.8 Å². The van der Waals surface area contributed by atoms with Crippen LogP contribution < -0.4 is 0 Å². The number of Topliss-reactive ketones (excluding diaryl/α,β-unsaturated/α-hetero) is 1. The molecule has 1 aromatic carbocycles. The lowest BCUT2D eigenvalue weighted by Gasteiger charge is -2.02. The summed E-state index contributed by atoms with van der Waals surface area (Å²) in [6.45, 7) is 5.09. The first kappa shape index (κ1) is 9.01. The minimum Gasteiger partial charge on any atom is -0.294 e. The van der Waals surface area contributed by atoms with E-state index in [2.05, 4.69) is 6.58 Å². The first-order chi connectivity index (χ1) is 5.63. The molecule has 1 nitrogen and oxygen atoms in total. The van der Waals surface area contributed by atoms with Gasteiger partial charge in [0, 0.05) is 16.2 Å². The third kappa shape index (κ3) is 1.74. The Labute approximate surface area is 76.7 Å². The molecule has 0 aromatic heterocycles. The highest BCUT2D eigenvalue weighted by molar-refractivity contribution is 6.48. The normalized spacial score (nSPS) is 9.50. The molecule has 0 aliphatic carbocycles. The van der Waals surface area contributed by atoms with Crippen molar-refractivity contribution in [1.29, 1.82) is 0 Å². The van der Waals surface area contributed by atoms with Crippen LogP contribution in [-0.2, 0) is 0 Å². The number of halogens is 1. The quantitative estimate of drug-likeness (QED) is 0.640. The number of benzene rings is 1. The van der Waals surface area contributed by atoms with Crippen LogP contribution in [-0.4, -0.2) is 5.78 Å². The first-order valence-corrected chi connectivity index (χ1v) is 3.95. The second kappa shape index (κ2) is 3.55. The fourth-order valence-electron chi connectivity index (χ4n) is 1.03. The van der Waals surface area contributed by atoms with E-state index in [0.29, 0.717) is 16.2 Å². The standard InChI is InChI=1S/C10H9ClO/c1-7(11)9-5-3-4-6-10(9)8(2)12/h3-6H,1H2,2H3. The Bertz CT molecular complexity index is 295. The van der Waals surface area contributed by atoms with Crippen LogP contribution in [0.4, 0.5) is 0 Å². The lowest BCUT2D eigenvalue weighted by atomic mass is 10.0. The van der Waals surface area contributed by atoms with Gasteiger partial charge in [-0.2, -0.15) is 0 Å². The summed E-state index contributed by atoms with van der Waals surface area (Å²) in [5, 5.41) is 0.404. The molecule has 0 bridgehead atoms. The Morgan fingerprint density at radius 3 is 2.17 bits per heavy atom. The summed E-state index contributed by atoms with van der Waals surface area (Å²) in [6, 6.07) is 7.16. The summed E-state index contributed by atoms with van der Waals surface area (Å²) in [5.41, 5.74) is 1.34. The molecule has 0 unspecified atom stereocenters. The van der Waals surface area contributed by atoms with Crippen LogP contribution >= 0.6 is 11.6 Å². The highest BCUT2D eigenvalue weighted by Gasteiger charge is 2.06. The maximum Gasteiger partial charge on any atom is 0.160 e. The smallest absolute Gasteiger partial charge is 0.160 e. The van der Waals surface area contributed by atoms with E-state index in [0.717, 1.165) is 0 Å². The zero-order chi connectivity index (χ0) is 9.14. The predicted molar refractivity (Wildman–Crippen MR) is 51.3 cm³/mol. The summed E-state index contributed by atoms with van der Waals surface area (Å²) < 4.78 is 0. The highest BCUT2D eigenvalue weighted by atomic mass is 35.5. The van der Waals surface area contributed by atoms with E-state index >= 15 is 0 Å². The van der Waals surface area contributed by atoms with Crippen molar-refractivity contribution >= 4 is 22.4 Å². The molecule has 2 heteroatoms. The van der Waals surface area contributed by atoms with Gasteiger partial charge in [-0.15, -0.1) is 0 Å². The van der Waals surface area contributed by atoms with Crippen molar-refractivity contribution in [2.75, 3.05) is 0 Å². The number of carbonyl (C=O) groups excluding carboxylic acids is 1. The molecular formula is C10H9ClO. The molecule has 0 spiro atoms. The van der Waals surface area contributed by atoms with Gasteiger partial charge in [-0.05, 0) is 6.92 Å². The molecule has 0 radical (unpaired) electrons. The molecule has 0 amide bonds. The number of hydrogen-bond donors (Lipinski definition) is 0. The molecular weight excluding hydrogens is 172 g/mol. The van der Waals surface area contributed by atoms with E-state index in [9.17, 15) is 4.79 Å². The summed E-state index contributed by atoms with van der Waals surface area (Å²) in [4.78, 5) is 11.1. The van der Waals surface area contributed by atoms with Gasteiger partial charge in [-0.1, -0.05) is 42.4 Å². The fourth-order valence-corrected chi connectivity index (χ4v) is 1.19. The van der Waals surface area contributed by atoms with E-state index in [-0.39, 0.29) is 5.78 Å². The van der Waals surface area contributed by atoms with Gasteiger partial charge in [0.1, 0.15) is 0 Å². The molecule has 0 heterocycles. The monoisotopic (exact) mass is 180 g/mol. The number of carbonyl (C=O) groups is 1. The maximum absolute atomic E-state index is 11.1. The van der Waals surface area contributed by atoms with E-state index in [1.165, 1.54) is 6.92 Å². The van der Waals surface area contributed by atoms with Crippen molar-refractivity contribution in [3.05, 3.63) is 42.0 Å². The van der Waals surface area contributed by atoms with Crippen LogP contribution in [0.25, 0.3) is 5.03 Å². The van der Waals surface area contributed by atoms with Crippen molar-refractivity contribution in [1.82, 2.24) is 0 Å². The average molecular weight is 181 g/mol. The summed E-state index contributed by atoms with van der Waals surface area (Å²) >= 11 is 5.71. The topological polar surface area (TPSA) is 17.1 Å². The molecule has 0 aliphatic rings. The maximum atomic E-state index is 11.1. The van der Waals surface area contributed by atoms with Gasteiger partial charge < -0.3 is 0 Å². The van der Waals surface area contributed by atoms with Crippen LogP contribution in [0.5, 0.6) is 0 Å².